The van der Waals surface area contributed by atoms with Gasteiger partial charge in [0.25, 0.3) is 0 Å². The van der Waals surface area contributed by atoms with E-state index in [4.69, 9.17) is 16.0 Å². The molecule has 1 aromatic carbocycles. The Labute approximate surface area is 130 Å². The number of anilines is 1. The fourth-order valence-corrected chi connectivity index (χ4v) is 2.84. The number of hydrogen-bond donors (Lipinski definition) is 1. The topological polar surface area (TPSA) is 59.3 Å². The number of amides is 1. The molecule has 2 aromatic rings. The summed E-state index contributed by atoms with van der Waals surface area (Å²) in [6.07, 6.45) is 4.10. The average Bonchev–Trinajstić information content (AvgIpc) is 2.93. The van der Waals surface area contributed by atoms with Gasteiger partial charge in [-0.2, -0.15) is 0 Å². The number of furan rings is 1. The van der Waals surface area contributed by atoms with Crippen LogP contribution in [0.5, 0.6) is 0 Å². The van der Waals surface area contributed by atoms with Crippen LogP contribution in [0, 0.1) is 0 Å². The number of halogens is 1. The van der Waals surface area contributed by atoms with Gasteiger partial charge >= 0.3 is 0 Å². The molecule has 0 spiro atoms. The molecule has 6 heteroatoms. The van der Waals surface area contributed by atoms with Gasteiger partial charge in [0.05, 0.1) is 6.26 Å². The van der Waals surface area contributed by atoms with Gasteiger partial charge in [-0.25, -0.2) is 0 Å². The maximum Gasteiger partial charge on any atom is 0.224 e. The molecule has 112 valence electrons. The monoisotopic (exact) mass is 325 g/mol. The standard InChI is InChI=1S/C15H16ClNO3S/c1-21(19)10-11-9-12(4-6-14(11)16)17-15(18)7-5-13-3-2-8-20-13/h2-4,6,8-9H,5,7,10H2,1H3,(H,17,18)/t21-/m1/s1. The minimum Gasteiger partial charge on any atom is -0.469 e. The van der Waals surface area contributed by atoms with E-state index < -0.39 is 10.8 Å². The van der Waals surface area contributed by atoms with Gasteiger partial charge in [-0.15, -0.1) is 0 Å². The molecule has 1 N–H and O–H groups in total. The molecular formula is C15H16ClNO3S. The van der Waals surface area contributed by atoms with Crippen LogP contribution in [0.15, 0.2) is 41.0 Å². The van der Waals surface area contributed by atoms with Gasteiger partial charge in [-0.3, -0.25) is 9.00 Å². The van der Waals surface area contributed by atoms with E-state index in [1.54, 1.807) is 36.8 Å². The van der Waals surface area contributed by atoms with E-state index >= 15 is 0 Å². The first-order valence-electron chi connectivity index (χ1n) is 6.45. The van der Waals surface area contributed by atoms with Crippen molar-refractivity contribution in [2.24, 2.45) is 0 Å². The second-order valence-corrected chi connectivity index (χ2v) is 6.49. The number of rotatable bonds is 6. The first kappa shape index (κ1) is 15.8. The van der Waals surface area contributed by atoms with Crippen molar-refractivity contribution in [3.63, 3.8) is 0 Å². The van der Waals surface area contributed by atoms with Crippen LogP contribution in [-0.2, 0) is 27.8 Å². The average molecular weight is 326 g/mol. The highest BCUT2D eigenvalue weighted by Gasteiger charge is 2.08. The van der Waals surface area contributed by atoms with E-state index in [1.165, 1.54) is 0 Å². The third-order valence-electron chi connectivity index (χ3n) is 2.87. The highest BCUT2D eigenvalue weighted by atomic mass is 35.5. The third-order valence-corrected chi connectivity index (χ3v) is 3.95. The van der Waals surface area contributed by atoms with Crippen molar-refractivity contribution in [2.45, 2.75) is 18.6 Å². The van der Waals surface area contributed by atoms with Crippen LogP contribution in [0.1, 0.15) is 17.7 Å². The van der Waals surface area contributed by atoms with E-state index in [2.05, 4.69) is 5.32 Å². The summed E-state index contributed by atoms with van der Waals surface area (Å²) in [5.41, 5.74) is 1.42. The normalized spacial score (nSPS) is 12.1. The molecule has 0 unspecified atom stereocenters. The molecule has 4 nitrogen and oxygen atoms in total. The van der Waals surface area contributed by atoms with Gasteiger partial charge in [0, 0.05) is 46.4 Å². The summed E-state index contributed by atoms with van der Waals surface area (Å²) >= 11 is 6.05. The second kappa shape index (κ2) is 7.43. The van der Waals surface area contributed by atoms with Crippen LogP contribution < -0.4 is 5.32 Å². The Bertz CT molecular complexity index is 640. The van der Waals surface area contributed by atoms with Crippen LogP contribution in [-0.4, -0.2) is 16.4 Å². The van der Waals surface area contributed by atoms with Gasteiger partial charge in [0.15, 0.2) is 0 Å². The molecule has 0 saturated carbocycles. The first-order chi connectivity index (χ1) is 10.0. The number of carbonyl (C=O) groups is 1. The summed E-state index contributed by atoms with van der Waals surface area (Å²) in [6.45, 7) is 0. The third kappa shape index (κ3) is 5.02. The molecule has 0 aliphatic carbocycles. The SMILES string of the molecule is C[S@@](=O)Cc1cc(NC(=O)CCc2ccco2)ccc1Cl. The van der Waals surface area contributed by atoms with Crippen molar-refractivity contribution in [2.75, 3.05) is 11.6 Å². The fourth-order valence-electron chi connectivity index (χ4n) is 1.90. The molecule has 0 aliphatic heterocycles. The zero-order chi connectivity index (χ0) is 15.2. The van der Waals surface area contributed by atoms with Crippen molar-refractivity contribution in [3.8, 4) is 0 Å². The van der Waals surface area contributed by atoms with Gasteiger partial charge < -0.3 is 9.73 Å². The lowest BCUT2D eigenvalue weighted by Gasteiger charge is -2.08. The number of aryl methyl sites for hydroxylation is 1. The number of hydrogen-bond acceptors (Lipinski definition) is 3. The molecule has 0 fully saturated rings. The van der Waals surface area contributed by atoms with Gasteiger partial charge in [-0.1, -0.05) is 11.6 Å². The van der Waals surface area contributed by atoms with E-state index in [0.717, 1.165) is 11.3 Å². The fraction of sp³-hybridized carbons (Fsp3) is 0.267. The molecule has 0 saturated heterocycles. The quantitative estimate of drug-likeness (QED) is 0.885. The lowest BCUT2D eigenvalue weighted by atomic mass is 10.2. The molecule has 0 radical (unpaired) electrons. The smallest absolute Gasteiger partial charge is 0.224 e. The predicted molar refractivity (Wildman–Crippen MR) is 84.9 cm³/mol. The Kier molecular flexibility index (Phi) is 5.59. The van der Waals surface area contributed by atoms with Crippen LogP contribution >= 0.6 is 11.6 Å². The van der Waals surface area contributed by atoms with Crippen LogP contribution in [0.25, 0.3) is 0 Å². The van der Waals surface area contributed by atoms with Crippen molar-refractivity contribution in [1.82, 2.24) is 0 Å². The van der Waals surface area contributed by atoms with Crippen LogP contribution in [0.3, 0.4) is 0 Å². The van der Waals surface area contributed by atoms with E-state index in [-0.39, 0.29) is 5.91 Å². The molecule has 0 aliphatic rings. The van der Waals surface area contributed by atoms with Crippen molar-refractivity contribution < 1.29 is 13.4 Å². The first-order valence-corrected chi connectivity index (χ1v) is 8.56. The summed E-state index contributed by atoms with van der Waals surface area (Å²) in [6, 6.07) is 8.82. The Hall–Kier alpha value is -1.59. The maximum atomic E-state index is 11.9. The molecule has 0 bridgehead atoms. The Morgan fingerprint density at radius 2 is 2.19 bits per heavy atom. The predicted octanol–water partition coefficient (Wildman–Crippen LogP) is 3.38. The Morgan fingerprint density at radius 3 is 2.86 bits per heavy atom. The Morgan fingerprint density at radius 1 is 1.38 bits per heavy atom. The largest absolute Gasteiger partial charge is 0.469 e. The van der Waals surface area contributed by atoms with Gasteiger partial charge in [0.2, 0.25) is 5.91 Å². The summed E-state index contributed by atoms with van der Waals surface area (Å²) in [4.78, 5) is 11.9. The van der Waals surface area contributed by atoms with E-state index in [0.29, 0.717) is 29.3 Å². The second-order valence-electron chi connectivity index (χ2n) is 4.65. The molecule has 1 aromatic heterocycles. The Balaban J connectivity index is 1.95. The molecule has 1 amide bonds. The molecule has 2 rings (SSSR count). The lowest BCUT2D eigenvalue weighted by Crippen LogP contribution is -2.12. The van der Waals surface area contributed by atoms with Gasteiger partial charge in [-0.05, 0) is 35.9 Å². The minimum absolute atomic E-state index is 0.0997. The van der Waals surface area contributed by atoms with E-state index in [1.807, 2.05) is 6.07 Å². The van der Waals surface area contributed by atoms with Crippen LogP contribution in [0.2, 0.25) is 5.02 Å². The maximum absolute atomic E-state index is 11.9. The van der Waals surface area contributed by atoms with E-state index in [9.17, 15) is 9.00 Å². The van der Waals surface area contributed by atoms with Crippen molar-refractivity contribution in [1.29, 1.82) is 0 Å². The van der Waals surface area contributed by atoms with Crippen LogP contribution in [0.4, 0.5) is 5.69 Å². The van der Waals surface area contributed by atoms with Gasteiger partial charge in [0.1, 0.15) is 5.76 Å². The number of nitrogens with one attached hydrogen (secondary N) is 1. The summed E-state index contributed by atoms with van der Waals surface area (Å²) in [5.74, 6) is 1.05. The molecular weight excluding hydrogens is 310 g/mol. The highest BCUT2D eigenvalue weighted by molar-refractivity contribution is 7.83. The lowest BCUT2D eigenvalue weighted by molar-refractivity contribution is -0.116. The molecule has 1 heterocycles. The molecule has 1 atom stereocenters. The zero-order valence-corrected chi connectivity index (χ0v) is 13.2. The summed E-state index contributed by atoms with van der Waals surface area (Å²) in [7, 11) is -0.981. The van der Waals surface area contributed by atoms with Crippen molar-refractivity contribution in [3.05, 3.63) is 52.9 Å². The minimum atomic E-state index is -0.981. The van der Waals surface area contributed by atoms with Crippen molar-refractivity contribution >= 4 is 34.0 Å². The number of carbonyl (C=O) groups excluding carboxylic acids is 1. The summed E-state index contributed by atoms with van der Waals surface area (Å²) < 4.78 is 16.5. The summed E-state index contributed by atoms with van der Waals surface area (Å²) in [5, 5.41) is 3.36. The highest BCUT2D eigenvalue weighted by Crippen LogP contribution is 2.22. The molecule has 21 heavy (non-hydrogen) atoms. The zero-order valence-electron chi connectivity index (χ0n) is 11.6. The number of benzene rings is 1.